The predicted molar refractivity (Wildman–Crippen MR) is 110 cm³/mol. The lowest BCUT2D eigenvalue weighted by Crippen LogP contribution is -2.43. The minimum absolute atomic E-state index is 0.0509. The molecule has 0 unspecified atom stereocenters. The first kappa shape index (κ1) is 25.6. The summed E-state index contributed by atoms with van der Waals surface area (Å²) < 4.78 is 71.6. The van der Waals surface area contributed by atoms with E-state index in [0.29, 0.717) is 37.7 Å². The summed E-state index contributed by atoms with van der Waals surface area (Å²) in [4.78, 5) is 49.8. The minimum atomic E-state index is -5.41. The van der Waals surface area contributed by atoms with Crippen LogP contribution in [-0.2, 0) is 33.9 Å². The molecule has 2 aliphatic rings. The second-order valence-electron chi connectivity index (χ2n) is 7.47. The van der Waals surface area contributed by atoms with Gasteiger partial charge < -0.3 is 9.47 Å². The summed E-state index contributed by atoms with van der Waals surface area (Å²) in [6, 6.07) is 3.64. The monoisotopic (exact) mass is 507 g/mol. The van der Waals surface area contributed by atoms with Gasteiger partial charge in [0.05, 0.1) is 36.4 Å². The first-order valence-corrected chi connectivity index (χ1v) is 11.7. The second-order valence-corrected chi connectivity index (χ2v) is 9.38. The lowest BCUT2D eigenvalue weighted by atomic mass is 10.1. The van der Waals surface area contributed by atoms with E-state index in [2.05, 4.69) is 4.74 Å². The number of hydrogen-bond donors (Lipinski definition) is 0. The lowest BCUT2D eigenvalue weighted by Gasteiger charge is -2.30. The Labute approximate surface area is 192 Å². The van der Waals surface area contributed by atoms with Crippen molar-refractivity contribution in [3.05, 3.63) is 23.8 Å². The van der Waals surface area contributed by atoms with Crippen LogP contribution in [0.2, 0.25) is 0 Å². The van der Waals surface area contributed by atoms with Gasteiger partial charge in [-0.15, -0.1) is 0 Å². The van der Waals surface area contributed by atoms with Crippen LogP contribution < -0.4 is 9.21 Å². The van der Waals surface area contributed by atoms with Crippen molar-refractivity contribution in [3.63, 3.8) is 0 Å². The molecule has 0 N–H and O–H groups in total. The number of benzene rings is 1. The molecule has 1 amide bonds. The average Bonchev–Trinajstić information content (AvgIpc) is 2.97. The molecular weight excluding hydrogens is 487 g/mol. The summed E-state index contributed by atoms with van der Waals surface area (Å²) in [7, 11) is -3.78. The highest BCUT2D eigenvalue weighted by atomic mass is 32.2. The quantitative estimate of drug-likeness (QED) is 0.283. The maximum Gasteiger partial charge on any atom is 0.491 e. The lowest BCUT2D eigenvalue weighted by molar-refractivity contribution is -0.201. The van der Waals surface area contributed by atoms with E-state index in [1.165, 1.54) is 12.1 Å². The first-order chi connectivity index (χ1) is 15.8. The summed E-state index contributed by atoms with van der Waals surface area (Å²) in [5, 5.41) is 0. The van der Waals surface area contributed by atoms with Crippen molar-refractivity contribution in [1.29, 1.82) is 0 Å². The van der Waals surface area contributed by atoms with Gasteiger partial charge in [-0.3, -0.25) is 23.7 Å². The van der Waals surface area contributed by atoms with E-state index < -0.39 is 46.4 Å². The third-order valence-corrected chi connectivity index (χ3v) is 6.29. The molecule has 1 aromatic carbocycles. The van der Waals surface area contributed by atoms with Crippen LogP contribution in [0.4, 0.5) is 24.5 Å². The number of amides is 1. The number of Topliss-reactive ketones (excluding diaryl/α,β-unsaturated/α-hetero) is 1. The van der Waals surface area contributed by atoms with Crippen LogP contribution in [0.5, 0.6) is 0 Å². The highest BCUT2D eigenvalue weighted by Gasteiger charge is 2.44. The van der Waals surface area contributed by atoms with Crippen molar-refractivity contribution >= 4 is 45.0 Å². The van der Waals surface area contributed by atoms with Crippen LogP contribution >= 0.6 is 0 Å². The van der Waals surface area contributed by atoms with Crippen LogP contribution in [0.3, 0.4) is 0 Å². The van der Waals surface area contributed by atoms with Gasteiger partial charge in [0, 0.05) is 26.2 Å². The molecule has 0 aliphatic carbocycles. The summed E-state index contributed by atoms with van der Waals surface area (Å²) in [5.74, 6) is -6.77. The molecule has 1 saturated heterocycles. The van der Waals surface area contributed by atoms with Gasteiger partial charge in [-0.2, -0.15) is 13.2 Å². The molecule has 0 saturated carbocycles. The van der Waals surface area contributed by atoms with Crippen molar-refractivity contribution in [2.75, 3.05) is 61.4 Å². The zero-order valence-corrected chi connectivity index (χ0v) is 18.6. The number of morpholine rings is 1. The molecule has 2 aliphatic heterocycles. The Kier molecular flexibility index (Phi) is 7.28. The van der Waals surface area contributed by atoms with E-state index >= 15 is 0 Å². The van der Waals surface area contributed by atoms with E-state index in [1.54, 1.807) is 0 Å². The van der Waals surface area contributed by atoms with E-state index in [4.69, 9.17) is 4.74 Å². The number of halogens is 3. The minimum Gasteiger partial charge on any atom is -0.385 e. The molecule has 0 atom stereocenters. The Balaban J connectivity index is 1.80. The van der Waals surface area contributed by atoms with Crippen LogP contribution in [0.25, 0.3) is 0 Å². The molecule has 186 valence electrons. The highest BCUT2D eigenvalue weighted by Crippen LogP contribution is 2.33. The number of rotatable bonds is 7. The van der Waals surface area contributed by atoms with Crippen molar-refractivity contribution in [2.45, 2.75) is 6.18 Å². The number of ether oxygens (including phenoxy) is 2. The van der Waals surface area contributed by atoms with Crippen molar-refractivity contribution in [2.24, 2.45) is 0 Å². The van der Waals surface area contributed by atoms with Gasteiger partial charge in [0.25, 0.3) is 11.7 Å². The van der Waals surface area contributed by atoms with E-state index in [9.17, 15) is 40.8 Å². The Morgan fingerprint density at radius 3 is 2.41 bits per heavy atom. The number of alkyl halides is 3. The van der Waals surface area contributed by atoms with E-state index in [-0.39, 0.29) is 23.5 Å². The highest BCUT2D eigenvalue weighted by molar-refractivity contribution is 7.92. The Morgan fingerprint density at radius 2 is 1.82 bits per heavy atom. The molecule has 34 heavy (non-hydrogen) atoms. The van der Waals surface area contributed by atoms with Crippen molar-refractivity contribution < 1.29 is 50.2 Å². The standard InChI is InChI=1S/C19H20F3N3O8S/c1-34(30,31)25(5-4-23-6-8-32-9-7-23)12-2-3-14-13(10-12)16(27)17(28)24(14)11-15(26)33-18(29)19(20,21)22/h2-3,10H,4-9,11H2,1H3. The molecule has 1 fully saturated rings. The third kappa shape index (κ3) is 5.71. The molecule has 0 aromatic heterocycles. The number of carbonyl (C=O) groups is 4. The maximum atomic E-state index is 12.4. The van der Waals surface area contributed by atoms with E-state index in [0.717, 1.165) is 16.6 Å². The number of carbonyl (C=O) groups excluding carboxylic acids is 4. The molecule has 3 rings (SSSR count). The van der Waals surface area contributed by atoms with Gasteiger partial charge in [-0.05, 0) is 18.2 Å². The normalized spacial score (nSPS) is 17.0. The summed E-state index contributed by atoms with van der Waals surface area (Å²) in [6.45, 7) is 1.59. The number of sulfonamides is 1. The molecule has 0 radical (unpaired) electrons. The predicted octanol–water partition coefficient (Wildman–Crippen LogP) is -0.0538. The Hall–Kier alpha value is -3.04. The van der Waals surface area contributed by atoms with Gasteiger partial charge >= 0.3 is 18.1 Å². The fourth-order valence-corrected chi connectivity index (χ4v) is 4.38. The van der Waals surface area contributed by atoms with E-state index in [1.807, 2.05) is 4.90 Å². The molecule has 0 spiro atoms. The smallest absolute Gasteiger partial charge is 0.385 e. The number of esters is 2. The topological polar surface area (TPSA) is 131 Å². The van der Waals surface area contributed by atoms with Crippen LogP contribution in [0.15, 0.2) is 18.2 Å². The summed E-state index contributed by atoms with van der Waals surface area (Å²) >= 11 is 0. The van der Waals surface area contributed by atoms with Crippen molar-refractivity contribution in [3.8, 4) is 0 Å². The van der Waals surface area contributed by atoms with Gasteiger partial charge in [0.2, 0.25) is 10.0 Å². The molecule has 0 bridgehead atoms. The zero-order chi connectivity index (χ0) is 25.3. The number of anilines is 2. The summed E-state index contributed by atoms with van der Waals surface area (Å²) in [6.07, 6.45) is -4.43. The first-order valence-electron chi connectivity index (χ1n) is 9.89. The largest absolute Gasteiger partial charge is 0.491 e. The fourth-order valence-electron chi connectivity index (χ4n) is 3.47. The maximum absolute atomic E-state index is 12.4. The summed E-state index contributed by atoms with van der Waals surface area (Å²) in [5.41, 5.74) is -0.276. The molecule has 15 heteroatoms. The van der Waals surface area contributed by atoms with Gasteiger partial charge in [-0.25, -0.2) is 18.0 Å². The number of fused-ring (bicyclic) bond motifs is 1. The number of ketones is 1. The van der Waals surface area contributed by atoms with Crippen molar-refractivity contribution in [1.82, 2.24) is 4.90 Å². The zero-order valence-electron chi connectivity index (χ0n) is 17.8. The molecule has 1 aromatic rings. The van der Waals surface area contributed by atoms with Gasteiger partial charge in [0.1, 0.15) is 6.54 Å². The Bertz CT molecular complexity index is 1120. The molecule has 2 heterocycles. The number of nitrogens with zero attached hydrogens (tertiary/aromatic N) is 3. The van der Waals surface area contributed by atoms with Crippen LogP contribution in [-0.4, -0.2) is 95.3 Å². The molecular formula is C19H20F3N3O8S. The Morgan fingerprint density at radius 1 is 1.18 bits per heavy atom. The van der Waals surface area contributed by atoms with Crippen LogP contribution in [0, 0.1) is 0 Å². The fraction of sp³-hybridized carbons (Fsp3) is 0.474. The average molecular weight is 507 g/mol. The SMILES string of the molecule is CS(=O)(=O)N(CCN1CCOCC1)c1ccc2c(c1)C(=O)C(=O)N2CC(=O)OC(=O)C(F)(F)F. The second kappa shape index (κ2) is 9.68. The third-order valence-electron chi connectivity index (χ3n) is 5.09. The van der Waals surface area contributed by atoms with Gasteiger partial charge in [-0.1, -0.05) is 0 Å². The number of hydrogen-bond acceptors (Lipinski definition) is 9. The molecule has 11 nitrogen and oxygen atoms in total. The van der Waals surface area contributed by atoms with Gasteiger partial charge in [0.15, 0.2) is 0 Å². The van der Waals surface area contributed by atoms with Crippen LogP contribution in [0.1, 0.15) is 10.4 Å².